The molecule has 15 rings (SSSR count). The molecule has 1 aliphatic rings. The van der Waals surface area contributed by atoms with Crippen molar-refractivity contribution in [3.05, 3.63) is 200 Å². The fraction of sp³-hybridized carbons (Fsp3) is 0.261. The standard InChI is InChI=1S/C68H70N22O2S2.CH3.Co/c1-47-41-51(93(3,4)39-21-37-89(83-61-31-15-9-25-55(61)71-77-83,84-62-32-16-10-26-56(62)72-78-84)85-63-33-17-11-27-57(63)73-79-85)43-49(67(47)91)45-69-53-23-7-8-24-54(53)70-46-50-44-52(42-48(2)68(50)92)94(5,6)40-22-38-90(86-64-34-18-12-28-58(64)74-80-86,87-65-35-19-13-29-59(65)75-81-87)88-66-36-20-14-30-60(66)76-82-88;;/h9-20,25-36,41-46,53-54H,7-8,21-24,37-40H2,1-6H3;1H3;/q;-1;/p+2/t53-,54-;;/m0../s1. The van der Waals surface area contributed by atoms with Gasteiger partial charge >= 0.3 is 0 Å². The van der Waals surface area contributed by atoms with E-state index in [0.717, 1.165) is 124 Å². The second kappa shape index (κ2) is 26.1. The average molecular weight is 1370 g/mol. The van der Waals surface area contributed by atoms with Gasteiger partial charge in [-0.15, -0.1) is 30.6 Å². The molecule has 0 amide bonds. The number of phenols is 2. The second-order valence-electron chi connectivity index (χ2n) is 25.2. The molecule has 24 nitrogen and oxygen atoms in total. The van der Waals surface area contributed by atoms with Gasteiger partial charge in [-0.3, -0.25) is 9.98 Å². The number of nitrogens with zero attached hydrogens (tertiary/aromatic N) is 22. The van der Waals surface area contributed by atoms with E-state index in [1.807, 2.05) is 201 Å². The monoisotopic (exact) mass is 1370 g/mol. The molecule has 2 atom stereocenters. The van der Waals surface area contributed by atoms with E-state index >= 15 is 0 Å². The molecule has 96 heavy (non-hydrogen) atoms. The summed E-state index contributed by atoms with van der Waals surface area (Å²) >= 11 is 0. The Bertz CT molecular complexity index is 4540. The zero-order valence-electron chi connectivity index (χ0n) is 54.4. The van der Waals surface area contributed by atoms with Gasteiger partial charge in [-0.05, 0) is 241 Å². The van der Waals surface area contributed by atoms with E-state index < -0.39 is 20.1 Å². The van der Waals surface area contributed by atoms with Crippen LogP contribution in [0.5, 0.6) is 11.5 Å². The van der Waals surface area contributed by atoms with Gasteiger partial charge in [0.25, 0.3) is 0 Å². The molecule has 493 valence electrons. The summed E-state index contributed by atoms with van der Waals surface area (Å²) in [4.78, 5) is 23.7. The topological polar surface area (TPSA) is 249 Å². The molecule has 0 aliphatic heterocycles. The Morgan fingerprint density at radius 2 is 0.667 bits per heavy atom. The number of hydrogen-bond donors (Lipinski definition) is 2. The summed E-state index contributed by atoms with van der Waals surface area (Å²) < 4.78 is 0. The number of hydrogen-bond acceptors (Lipinski definition) is 16. The first kappa shape index (κ1) is 64.9. The fourth-order valence-electron chi connectivity index (χ4n) is 13.3. The Hall–Kier alpha value is -9.77. The van der Waals surface area contributed by atoms with Crippen LogP contribution in [0.2, 0.25) is 0 Å². The smallest absolute Gasteiger partial charge is 0.159 e. The molecular weight excluding hydrogens is 1290 g/mol. The van der Waals surface area contributed by atoms with E-state index in [1.54, 1.807) is 0 Å². The van der Waals surface area contributed by atoms with Crippen LogP contribution < -0.4 is 9.62 Å². The number of fused-ring (bicyclic) bond motifs is 6. The van der Waals surface area contributed by atoms with Crippen molar-refractivity contribution in [1.82, 2.24) is 100 Å². The number of aromatic nitrogens is 18. The van der Waals surface area contributed by atoms with E-state index in [1.165, 1.54) is 0 Å². The maximum Gasteiger partial charge on any atom is 0.159 e. The quantitative estimate of drug-likeness (QED) is 0.0409. The molecule has 0 spiro atoms. The third-order valence-electron chi connectivity index (χ3n) is 18.4. The SMILES string of the molecule is Cc1cc(S(C)(C)CCC[N+](n2nnc3ccccc32)(n2nnc3ccccc32)n2nnc3ccccc32)cc(C=N[C@H]2CCCC[C@@H]2N=Cc2cc(S(C)(C)CCC[N+](n3nnc4ccccc43)(n3nnc4ccccc43)n3nnc4ccccc43)cc(C)c2O)c1O.[CH3-].[Co]. The molecule has 1 saturated carbocycles. The summed E-state index contributed by atoms with van der Waals surface area (Å²) in [7, 11) is -3.08. The number of aromatic hydroxyl groups is 2. The minimum atomic E-state index is -1.54. The largest absolute Gasteiger partial charge is 0.507 e. The van der Waals surface area contributed by atoms with Crippen LogP contribution in [0.4, 0.5) is 0 Å². The van der Waals surface area contributed by atoms with Crippen molar-refractivity contribution in [2.24, 2.45) is 9.98 Å². The van der Waals surface area contributed by atoms with Gasteiger partial charge in [0.05, 0.1) is 12.1 Å². The molecule has 0 saturated heterocycles. The minimum Gasteiger partial charge on any atom is -0.507 e. The van der Waals surface area contributed by atoms with Crippen LogP contribution in [0, 0.1) is 21.3 Å². The maximum absolute atomic E-state index is 11.8. The summed E-state index contributed by atoms with van der Waals surface area (Å²) in [5.41, 5.74) is 12.0. The van der Waals surface area contributed by atoms with E-state index in [2.05, 4.69) is 79.9 Å². The Morgan fingerprint density at radius 3 is 0.927 bits per heavy atom. The van der Waals surface area contributed by atoms with E-state index in [0.29, 0.717) is 37.1 Å². The Morgan fingerprint density at radius 1 is 0.417 bits per heavy atom. The van der Waals surface area contributed by atoms with Crippen molar-refractivity contribution in [3.8, 4) is 11.5 Å². The second-order valence-corrected chi connectivity index (χ2v) is 33.1. The summed E-state index contributed by atoms with van der Waals surface area (Å²) in [6, 6.07) is 55.6. The minimum absolute atomic E-state index is 0. The molecule has 14 aromatic rings. The number of aryl methyl sites for hydroxylation is 2. The zero-order chi connectivity index (χ0) is 64.3. The number of quaternary nitrogens is 2. The van der Waals surface area contributed by atoms with Crippen LogP contribution in [-0.4, -0.2) is 175 Å². The molecule has 2 N–H and O–H groups in total. The van der Waals surface area contributed by atoms with Crippen molar-refractivity contribution >= 4 is 98.7 Å². The Balaban J connectivity index is 0.00000417. The number of benzene rings is 8. The predicted octanol–water partition coefficient (Wildman–Crippen LogP) is 11.2. The maximum atomic E-state index is 11.8. The van der Waals surface area contributed by atoms with Gasteiger partial charge in [0.15, 0.2) is 46.2 Å². The molecule has 1 radical (unpaired) electrons. The van der Waals surface area contributed by atoms with Crippen LogP contribution in [-0.2, 0) is 16.8 Å². The zero-order valence-corrected chi connectivity index (χ0v) is 57.1. The first-order valence-electron chi connectivity index (χ1n) is 31.5. The average Bonchev–Trinajstić information content (AvgIpc) is 1.52. The Labute approximate surface area is 567 Å². The summed E-state index contributed by atoms with van der Waals surface area (Å²) in [6.07, 6.45) is 18.1. The van der Waals surface area contributed by atoms with Crippen molar-refractivity contribution in [2.45, 2.75) is 74.2 Å². The fourth-order valence-corrected chi connectivity index (χ4v) is 17.3. The van der Waals surface area contributed by atoms with Gasteiger partial charge < -0.3 is 17.6 Å². The molecule has 1 aliphatic carbocycles. The number of phenolic OH excluding ortho intramolecular Hbond substituents is 2. The third kappa shape index (κ3) is 11.3. The molecule has 6 aromatic heterocycles. The number of aliphatic imine (C=N–C) groups is 2. The normalized spacial score (nSPS) is 15.4. The van der Waals surface area contributed by atoms with Crippen molar-refractivity contribution < 1.29 is 27.0 Å². The third-order valence-corrected chi connectivity index (χ3v) is 24.1. The van der Waals surface area contributed by atoms with Crippen molar-refractivity contribution in [1.29, 1.82) is 0 Å². The van der Waals surface area contributed by atoms with Gasteiger partial charge in [0.2, 0.25) is 0 Å². The van der Waals surface area contributed by atoms with Gasteiger partial charge in [-0.25, -0.2) is 20.1 Å². The number of rotatable bonds is 20. The molecule has 0 unspecified atom stereocenters. The molecule has 1 fully saturated rings. The van der Waals surface area contributed by atoms with Crippen LogP contribution in [0.15, 0.2) is 190 Å². The van der Waals surface area contributed by atoms with E-state index in [9.17, 15) is 10.2 Å². The molecule has 0 bridgehead atoms. The summed E-state index contributed by atoms with van der Waals surface area (Å²) in [5, 5.41) is 80.7. The van der Waals surface area contributed by atoms with Crippen LogP contribution >= 0.6 is 20.1 Å². The van der Waals surface area contributed by atoms with Crippen LogP contribution in [0.3, 0.4) is 0 Å². The van der Waals surface area contributed by atoms with Crippen LogP contribution in [0.25, 0.3) is 66.2 Å². The van der Waals surface area contributed by atoms with Crippen LogP contribution in [0.1, 0.15) is 60.8 Å². The van der Waals surface area contributed by atoms with Gasteiger partial charge in [-0.1, -0.05) is 85.6 Å². The first-order valence-corrected chi connectivity index (χ1v) is 36.8. The predicted molar refractivity (Wildman–Crippen MR) is 379 cm³/mol. The molecule has 8 aromatic carbocycles. The molecule has 6 heterocycles. The summed E-state index contributed by atoms with van der Waals surface area (Å²) in [6.45, 7) is 4.80. The van der Waals surface area contributed by atoms with E-state index in [-0.39, 0.29) is 57.4 Å². The summed E-state index contributed by atoms with van der Waals surface area (Å²) in [5.74, 6) is 2.02. The molecular formula is C69H75CoN22O2S2+. The van der Waals surface area contributed by atoms with Gasteiger partial charge in [0, 0.05) is 62.8 Å². The van der Waals surface area contributed by atoms with Gasteiger partial charge in [0.1, 0.15) is 44.6 Å². The molecule has 27 heteroatoms. The van der Waals surface area contributed by atoms with Crippen molar-refractivity contribution in [2.75, 3.05) is 49.6 Å². The van der Waals surface area contributed by atoms with E-state index in [4.69, 9.17) is 41.3 Å². The Kier molecular flexibility index (Phi) is 17.6. The van der Waals surface area contributed by atoms with Gasteiger partial charge in [-0.2, -0.15) is 0 Å². The first-order chi connectivity index (χ1) is 45.7. The number of para-hydroxylation sites is 6. The van der Waals surface area contributed by atoms with Crippen molar-refractivity contribution in [3.63, 3.8) is 0 Å².